The number of likely N-dealkylation sites (tertiary alicyclic amines) is 1. The van der Waals surface area contributed by atoms with Crippen LogP contribution < -0.4 is 5.32 Å². The second kappa shape index (κ2) is 10.2. The molecule has 2 amide bonds. The molecular formula is C24H24BrN3O2S. The third kappa shape index (κ3) is 5.80. The summed E-state index contributed by atoms with van der Waals surface area (Å²) in [6, 6.07) is 17.2. The first kappa shape index (κ1) is 21.7. The van der Waals surface area contributed by atoms with Crippen molar-refractivity contribution in [3.63, 3.8) is 0 Å². The molecule has 1 saturated heterocycles. The fourth-order valence-corrected chi connectivity index (χ4v) is 4.98. The lowest BCUT2D eigenvalue weighted by atomic mass is 10.0. The molecule has 0 radical (unpaired) electrons. The molecule has 0 bridgehead atoms. The number of nitrogens with zero attached hydrogens (tertiary/aromatic N) is 2. The Bertz CT molecular complexity index is 1050. The summed E-state index contributed by atoms with van der Waals surface area (Å²) in [6.45, 7) is 1.53. The first-order valence-corrected chi connectivity index (χ1v) is 12.1. The van der Waals surface area contributed by atoms with Gasteiger partial charge in [0.15, 0.2) is 0 Å². The van der Waals surface area contributed by atoms with Gasteiger partial charge < -0.3 is 10.2 Å². The Hall–Kier alpha value is -2.51. The first-order valence-electron chi connectivity index (χ1n) is 10.4. The van der Waals surface area contributed by atoms with E-state index >= 15 is 0 Å². The van der Waals surface area contributed by atoms with Crippen molar-refractivity contribution >= 4 is 39.1 Å². The number of hydrogen-bond acceptors (Lipinski definition) is 4. The molecule has 160 valence electrons. The van der Waals surface area contributed by atoms with Crippen molar-refractivity contribution in [2.75, 3.05) is 13.1 Å². The van der Waals surface area contributed by atoms with Gasteiger partial charge in [0.05, 0.1) is 12.1 Å². The standard InChI is InChI=1S/C24H24BrN3O2S/c25-19-10-6-9-18(14-19)23-26-20(16-31-23)15-22(29)27-21(13-17-7-2-1-3-8-17)24(30)28-11-4-5-12-28/h1-3,6-10,14,16,21H,4-5,11-13,15H2,(H,27,29). The molecule has 0 spiro atoms. The Morgan fingerprint density at radius 3 is 2.61 bits per heavy atom. The van der Waals surface area contributed by atoms with Crippen LogP contribution in [0.25, 0.3) is 10.6 Å². The lowest BCUT2D eigenvalue weighted by molar-refractivity contribution is -0.135. The molecule has 1 aromatic heterocycles. The lowest BCUT2D eigenvalue weighted by Crippen LogP contribution is -2.49. The largest absolute Gasteiger partial charge is 0.344 e. The fraction of sp³-hybridized carbons (Fsp3) is 0.292. The van der Waals surface area contributed by atoms with Gasteiger partial charge in [0.2, 0.25) is 11.8 Å². The molecule has 2 heterocycles. The highest BCUT2D eigenvalue weighted by Crippen LogP contribution is 2.26. The van der Waals surface area contributed by atoms with Gasteiger partial charge in [-0.2, -0.15) is 0 Å². The van der Waals surface area contributed by atoms with E-state index in [0.29, 0.717) is 12.1 Å². The van der Waals surface area contributed by atoms with Gasteiger partial charge in [0.25, 0.3) is 0 Å². The smallest absolute Gasteiger partial charge is 0.245 e. The highest BCUT2D eigenvalue weighted by molar-refractivity contribution is 9.10. The molecule has 1 aliphatic rings. The zero-order valence-electron chi connectivity index (χ0n) is 17.1. The van der Waals surface area contributed by atoms with E-state index < -0.39 is 6.04 Å². The molecule has 1 N–H and O–H groups in total. The quantitative estimate of drug-likeness (QED) is 0.523. The van der Waals surface area contributed by atoms with Crippen molar-refractivity contribution in [1.82, 2.24) is 15.2 Å². The number of aromatic nitrogens is 1. The molecule has 4 rings (SSSR count). The third-order valence-electron chi connectivity index (χ3n) is 5.30. The SMILES string of the molecule is O=C(Cc1csc(-c2cccc(Br)c2)n1)NC(Cc1ccccc1)C(=O)N1CCCC1. The van der Waals surface area contributed by atoms with Crippen LogP contribution in [0, 0.1) is 0 Å². The van der Waals surface area contributed by atoms with Gasteiger partial charge in [-0.15, -0.1) is 11.3 Å². The van der Waals surface area contributed by atoms with Crippen LogP contribution in [-0.4, -0.2) is 40.8 Å². The van der Waals surface area contributed by atoms with E-state index in [9.17, 15) is 9.59 Å². The van der Waals surface area contributed by atoms with Crippen LogP contribution in [-0.2, 0) is 22.4 Å². The predicted octanol–water partition coefficient (Wildman–Crippen LogP) is 4.47. The fourth-order valence-electron chi connectivity index (χ4n) is 3.76. The van der Waals surface area contributed by atoms with Crippen LogP contribution in [0.15, 0.2) is 64.5 Å². The maximum Gasteiger partial charge on any atom is 0.245 e. The molecule has 0 saturated carbocycles. The first-order chi connectivity index (χ1) is 15.1. The van der Waals surface area contributed by atoms with Gasteiger partial charge in [-0.05, 0) is 30.5 Å². The second-order valence-corrected chi connectivity index (χ2v) is 9.45. The summed E-state index contributed by atoms with van der Waals surface area (Å²) >= 11 is 4.99. The summed E-state index contributed by atoms with van der Waals surface area (Å²) in [5, 5.41) is 5.76. The number of nitrogens with one attached hydrogen (secondary N) is 1. The number of rotatable bonds is 7. The summed E-state index contributed by atoms with van der Waals surface area (Å²) in [5.41, 5.74) is 2.76. The van der Waals surface area contributed by atoms with E-state index in [4.69, 9.17) is 0 Å². The van der Waals surface area contributed by atoms with Crippen LogP contribution in [0.5, 0.6) is 0 Å². The minimum absolute atomic E-state index is 0.00260. The molecule has 0 aliphatic carbocycles. The Labute approximate surface area is 194 Å². The van der Waals surface area contributed by atoms with Gasteiger partial charge in [-0.25, -0.2) is 4.98 Å². The van der Waals surface area contributed by atoms with E-state index in [1.54, 1.807) is 0 Å². The highest BCUT2D eigenvalue weighted by atomic mass is 79.9. The maximum absolute atomic E-state index is 13.1. The number of halogens is 1. The average molecular weight is 498 g/mol. The van der Waals surface area contributed by atoms with Crippen LogP contribution in [0.3, 0.4) is 0 Å². The van der Waals surface area contributed by atoms with Gasteiger partial charge in [0.1, 0.15) is 11.0 Å². The molecule has 1 fully saturated rings. The summed E-state index contributed by atoms with van der Waals surface area (Å²) in [4.78, 5) is 32.3. The number of carbonyl (C=O) groups excluding carboxylic acids is 2. The van der Waals surface area contributed by atoms with Crippen LogP contribution >= 0.6 is 27.3 Å². The van der Waals surface area contributed by atoms with Crippen molar-refractivity contribution in [1.29, 1.82) is 0 Å². The van der Waals surface area contributed by atoms with Crippen molar-refractivity contribution in [3.05, 3.63) is 75.7 Å². The molecule has 7 heteroatoms. The van der Waals surface area contributed by atoms with Gasteiger partial charge in [0, 0.05) is 34.9 Å². The number of benzene rings is 2. The van der Waals surface area contributed by atoms with Gasteiger partial charge >= 0.3 is 0 Å². The van der Waals surface area contributed by atoms with Crippen LogP contribution in [0.4, 0.5) is 0 Å². The summed E-state index contributed by atoms with van der Waals surface area (Å²) in [5.74, 6) is -0.178. The molecular weight excluding hydrogens is 474 g/mol. The average Bonchev–Trinajstić information content (AvgIpc) is 3.46. The molecule has 2 aromatic carbocycles. The zero-order valence-corrected chi connectivity index (χ0v) is 19.5. The third-order valence-corrected chi connectivity index (χ3v) is 6.73. The maximum atomic E-state index is 13.1. The number of amides is 2. The van der Waals surface area contributed by atoms with E-state index in [2.05, 4.69) is 26.2 Å². The predicted molar refractivity (Wildman–Crippen MR) is 127 cm³/mol. The van der Waals surface area contributed by atoms with Crippen molar-refractivity contribution < 1.29 is 9.59 Å². The normalized spacial score (nSPS) is 14.4. The summed E-state index contributed by atoms with van der Waals surface area (Å²) < 4.78 is 0.990. The Balaban J connectivity index is 1.44. The summed E-state index contributed by atoms with van der Waals surface area (Å²) in [7, 11) is 0. The Kier molecular flexibility index (Phi) is 7.14. The molecule has 31 heavy (non-hydrogen) atoms. The van der Waals surface area contributed by atoms with Crippen molar-refractivity contribution in [2.24, 2.45) is 0 Å². The molecule has 1 unspecified atom stereocenters. The molecule has 1 atom stereocenters. The van der Waals surface area contributed by atoms with Crippen molar-refractivity contribution in [3.8, 4) is 10.6 Å². The monoisotopic (exact) mass is 497 g/mol. The molecule has 5 nitrogen and oxygen atoms in total. The van der Waals surface area contributed by atoms with E-state index in [0.717, 1.165) is 46.5 Å². The number of carbonyl (C=O) groups is 2. The van der Waals surface area contributed by atoms with Crippen LogP contribution in [0.1, 0.15) is 24.1 Å². The molecule has 3 aromatic rings. The van der Waals surface area contributed by atoms with E-state index in [-0.39, 0.29) is 18.2 Å². The Morgan fingerprint density at radius 1 is 1.10 bits per heavy atom. The van der Waals surface area contributed by atoms with E-state index in [1.165, 1.54) is 11.3 Å². The topological polar surface area (TPSA) is 62.3 Å². The van der Waals surface area contributed by atoms with Crippen molar-refractivity contribution in [2.45, 2.75) is 31.7 Å². The number of thiazole rings is 1. The van der Waals surface area contributed by atoms with Crippen LogP contribution in [0.2, 0.25) is 0 Å². The highest BCUT2D eigenvalue weighted by Gasteiger charge is 2.28. The van der Waals surface area contributed by atoms with Gasteiger partial charge in [-0.3, -0.25) is 9.59 Å². The number of hydrogen-bond donors (Lipinski definition) is 1. The summed E-state index contributed by atoms with van der Waals surface area (Å²) in [6.07, 6.45) is 2.69. The lowest BCUT2D eigenvalue weighted by Gasteiger charge is -2.24. The minimum atomic E-state index is -0.559. The second-order valence-electron chi connectivity index (χ2n) is 7.67. The Morgan fingerprint density at radius 2 is 1.87 bits per heavy atom. The zero-order chi connectivity index (χ0) is 21.6. The minimum Gasteiger partial charge on any atom is -0.344 e. The molecule has 1 aliphatic heterocycles. The van der Waals surface area contributed by atoms with E-state index in [1.807, 2.05) is 64.9 Å². The van der Waals surface area contributed by atoms with Gasteiger partial charge in [-0.1, -0.05) is 58.4 Å².